The van der Waals surface area contributed by atoms with Crippen molar-refractivity contribution < 1.29 is 9.53 Å². The number of imidazole rings is 1. The van der Waals surface area contributed by atoms with Crippen LogP contribution in [0.2, 0.25) is 10.0 Å². The maximum absolute atomic E-state index is 12.9. The molecule has 0 unspecified atom stereocenters. The van der Waals surface area contributed by atoms with E-state index in [1.54, 1.807) is 18.2 Å². The third-order valence-corrected chi connectivity index (χ3v) is 8.22. The van der Waals surface area contributed by atoms with Crippen LogP contribution < -0.4 is 10.1 Å². The monoisotopic (exact) mass is 598 g/mol. The Balaban J connectivity index is 1.23. The van der Waals surface area contributed by atoms with Crippen LogP contribution in [0.3, 0.4) is 0 Å². The fraction of sp³-hybridized carbons (Fsp3) is 0.515. The van der Waals surface area contributed by atoms with E-state index in [-0.39, 0.29) is 0 Å². The van der Waals surface area contributed by atoms with Gasteiger partial charge in [0, 0.05) is 5.02 Å². The minimum Gasteiger partial charge on any atom is -0.404 e. The zero-order valence-corrected chi connectivity index (χ0v) is 25.8. The third kappa shape index (κ3) is 9.40. The second-order valence-corrected chi connectivity index (χ2v) is 11.9. The molecule has 4 rings (SSSR count). The number of anilines is 1. The Morgan fingerprint density at radius 1 is 0.854 bits per heavy atom. The predicted octanol–water partition coefficient (Wildman–Crippen LogP) is 11.1. The number of ether oxygens (including phenoxy) is 1. The molecule has 0 aliphatic carbocycles. The van der Waals surface area contributed by atoms with Crippen molar-refractivity contribution in [1.82, 2.24) is 14.6 Å². The number of para-hydroxylation sites is 2. The van der Waals surface area contributed by atoms with E-state index in [1.807, 2.05) is 28.8 Å². The minimum atomic E-state index is -0.625. The quantitative estimate of drug-likeness (QED) is 0.112. The van der Waals surface area contributed by atoms with E-state index >= 15 is 0 Å². The third-order valence-electron chi connectivity index (χ3n) is 7.67. The average molecular weight is 600 g/mol. The molecule has 2 aromatic heterocycles. The first kappa shape index (κ1) is 31.2. The molecular weight excluding hydrogens is 555 g/mol. The molecule has 0 atom stereocenters. The van der Waals surface area contributed by atoms with E-state index in [9.17, 15) is 4.79 Å². The highest BCUT2D eigenvalue weighted by Crippen LogP contribution is 2.31. The molecule has 0 aliphatic heterocycles. The normalized spacial score (nSPS) is 11.5. The van der Waals surface area contributed by atoms with E-state index in [0.29, 0.717) is 27.1 Å². The fourth-order valence-electron chi connectivity index (χ4n) is 5.38. The van der Waals surface area contributed by atoms with Crippen LogP contribution in [0.4, 0.5) is 10.5 Å². The molecule has 0 spiro atoms. The van der Waals surface area contributed by atoms with Crippen molar-refractivity contribution in [2.45, 2.75) is 110 Å². The number of carbonyl (C=O) groups excluding carboxylic acids is 1. The van der Waals surface area contributed by atoms with Crippen molar-refractivity contribution in [3.05, 3.63) is 58.2 Å². The van der Waals surface area contributed by atoms with Gasteiger partial charge in [-0.2, -0.15) is 5.10 Å². The number of halogens is 2. The molecule has 0 radical (unpaired) electrons. The van der Waals surface area contributed by atoms with Crippen molar-refractivity contribution in [2.24, 2.45) is 0 Å². The van der Waals surface area contributed by atoms with Gasteiger partial charge in [0.2, 0.25) is 0 Å². The molecule has 0 aliphatic rings. The van der Waals surface area contributed by atoms with Crippen molar-refractivity contribution >= 4 is 51.7 Å². The summed E-state index contributed by atoms with van der Waals surface area (Å²) in [6, 6.07) is 12.8. The molecule has 222 valence electrons. The molecule has 0 bridgehead atoms. The topological polar surface area (TPSA) is 71.4 Å². The molecular formula is C33H44Cl2N4O2. The number of hydrogen-bond donors (Lipinski definition) is 2. The van der Waals surface area contributed by atoms with Gasteiger partial charge in [-0.1, -0.05) is 132 Å². The first-order valence-electron chi connectivity index (χ1n) is 15.5. The zero-order valence-electron chi connectivity index (χ0n) is 24.3. The maximum atomic E-state index is 12.9. The molecule has 6 nitrogen and oxygen atoms in total. The van der Waals surface area contributed by atoms with Crippen molar-refractivity contribution in [3.8, 4) is 5.75 Å². The van der Waals surface area contributed by atoms with Crippen molar-refractivity contribution in [2.75, 3.05) is 5.32 Å². The summed E-state index contributed by atoms with van der Waals surface area (Å²) in [4.78, 5) is 16.2. The van der Waals surface area contributed by atoms with Crippen LogP contribution in [0.15, 0.2) is 42.5 Å². The van der Waals surface area contributed by atoms with Gasteiger partial charge in [-0.3, -0.25) is 5.32 Å². The first-order chi connectivity index (χ1) is 20.1. The van der Waals surface area contributed by atoms with Gasteiger partial charge in [-0.25, -0.2) is 9.31 Å². The number of fused-ring (bicyclic) bond motifs is 3. The molecule has 0 fully saturated rings. The van der Waals surface area contributed by atoms with E-state index in [0.717, 1.165) is 36.0 Å². The van der Waals surface area contributed by atoms with E-state index in [1.165, 1.54) is 83.5 Å². The Hall–Kier alpha value is -2.70. The summed E-state index contributed by atoms with van der Waals surface area (Å²) in [5, 5.41) is 8.39. The summed E-state index contributed by atoms with van der Waals surface area (Å²) < 4.78 is 7.66. The molecule has 8 heteroatoms. The number of aromatic nitrogens is 3. The number of aromatic amines is 1. The number of nitrogens with zero attached hydrogens (tertiary/aromatic N) is 2. The lowest BCUT2D eigenvalue weighted by molar-refractivity contribution is 0.215. The van der Waals surface area contributed by atoms with Crippen LogP contribution in [-0.2, 0) is 6.42 Å². The van der Waals surface area contributed by atoms with Gasteiger partial charge in [-0.05, 0) is 43.2 Å². The van der Waals surface area contributed by atoms with Crippen molar-refractivity contribution in [3.63, 3.8) is 0 Å². The fourth-order valence-corrected chi connectivity index (χ4v) is 5.83. The number of unbranched alkanes of at least 4 members (excludes halogenated alkanes) is 14. The second kappa shape index (κ2) is 16.7. The highest BCUT2D eigenvalue weighted by atomic mass is 35.5. The van der Waals surface area contributed by atoms with Gasteiger partial charge < -0.3 is 9.72 Å². The van der Waals surface area contributed by atoms with Gasteiger partial charge >= 0.3 is 6.09 Å². The predicted molar refractivity (Wildman–Crippen MR) is 172 cm³/mol. The van der Waals surface area contributed by atoms with E-state index in [4.69, 9.17) is 33.0 Å². The molecule has 2 heterocycles. The molecule has 1 amide bonds. The standard InChI is InChI=1S/C33H44Cl2N4O2/c1-2-3-4-5-6-7-8-9-10-11-12-13-14-15-16-20-29-31(32-36-28-19-17-18-21-30(28)39(32)38-29)41-33(40)37-27-23-22-25(34)24-26(27)35/h17-19,21-24,36H,2-16,20H2,1H3,(H,37,40). The lowest BCUT2D eigenvalue weighted by Gasteiger charge is -2.09. The van der Waals surface area contributed by atoms with Gasteiger partial charge in [0.05, 0.1) is 21.7 Å². The Labute approximate surface area is 254 Å². The van der Waals surface area contributed by atoms with Crippen LogP contribution in [0.5, 0.6) is 5.75 Å². The molecule has 4 aromatic rings. The van der Waals surface area contributed by atoms with Gasteiger partial charge in [-0.15, -0.1) is 0 Å². The Kier molecular flexibility index (Phi) is 12.7. The summed E-state index contributed by atoms with van der Waals surface area (Å²) in [6.07, 6.45) is 19.9. The number of rotatable bonds is 18. The number of benzene rings is 2. The first-order valence-corrected chi connectivity index (χ1v) is 16.2. The van der Waals surface area contributed by atoms with Gasteiger partial charge in [0.1, 0.15) is 5.69 Å². The summed E-state index contributed by atoms with van der Waals surface area (Å²) in [5.74, 6) is 0.453. The number of amides is 1. The zero-order chi connectivity index (χ0) is 28.9. The van der Waals surface area contributed by atoms with Crippen LogP contribution in [0.1, 0.15) is 109 Å². The summed E-state index contributed by atoms with van der Waals surface area (Å²) in [7, 11) is 0. The van der Waals surface area contributed by atoms with Crippen LogP contribution in [0, 0.1) is 0 Å². The van der Waals surface area contributed by atoms with Crippen LogP contribution in [-0.4, -0.2) is 20.7 Å². The number of carbonyl (C=O) groups is 1. The SMILES string of the molecule is CCCCCCCCCCCCCCCCCc1nn2c([nH]c3ccccc32)c1OC(=O)Nc1ccc(Cl)cc1Cl. The Morgan fingerprint density at radius 3 is 2.10 bits per heavy atom. The number of aryl methyl sites for hydroxylation is 1. The van der Waals surface area contributed by atoms with Gasteiger partial charge in [0.15, 0.2) is 11.4 Å². The molecule has 0 saturated carbocycles. The number of nitrogens with one attached hydrogen (secondary N) is 2. The van der Waals surface area contributed by atoms with Gasteiger partial charge in [0.25, 0.3) is 0 Å². The average Bonchev–Trinajstić information content (AvgIpc) is 3.48. The Bertz CT molecular complexity index is 1380. The van der Waals surface area contributed by atoms with Crippen molar-refractivity contribution in [1.29, 1.82) is 0 Å². The lowest BCUT2D eigenvalue weighted by Crippen LogP contribution is -2.17. The smallest absolute Gasteiger partial charge is 0.404 e. The van der Waals surface area contributed by atoms with E-state index < -0.39 is 6.09 Å². The summed E-state index contributed by atoms with van der Waals surface area (Å²) in [5.41, 5.74) is 3.74. The molecule has 41 heavy (non-hydrogen) atoms. The lowest BCUT2D eigenvalue weighted by atomic mass is 10.0. The second-order valence-electron chi connectivity index (χ2n) is 11.0. The Morgan fingerprint density at radius 2 is 1.46 bits per heavy atom. The highest BCUT2D eigenvalue weighted by Gasteiger charge is 2.21. The molecule has 2 N–H and O–H groups in total. The van der Waals surface area contributed by atoms with Crippen LogP contribution >= 0.6 is 23.2 Å². The highest BCUT2D eigenvalue weighted by molar-refractivity contribution is 6.36. The van der Waals surface area contributed by atoms with E-state index in [2.05, 4.69) is 17.2 Å². The number of hydrogen-bond acceptors (Lipinski definition) is 3. The number of H-pyrrole nitrogens is 1. The largest absolute Gasteiger partial charge is 0.417 e. The summed E-state index contributed by atoms with van der Waals surface area (Å²) in [6.45, 7) is 2.28. The molecule has 0 saturated heterocycles. The molecule has 2 aromatic carbocycles. The minimum absolute atomic E-state index is 0.346. The summed E-state index contributed by atoms with van der Waals surface area (Å²) >= 11 is 12.2. The van der Waals surface area contributed by atoms with Crippen LogP contribution in [0.25, 0.3) is 16.7 Å². The maximum Gasteiger partial charge on any atom is 0.417 e.